The Bertz CT molecular complexity index is 389. The van der Waals surface area contributed by atoms with Gasteiger partial charge in [-0.1, -0.05) is 104 Å². The van der Waals surface area contributed by atoms with Gasteiger partial charge in [0, 0.05) is 0 Å². The van der Waals surface area contributed by atoms with Crippen LogP contribution in [-0.2, 0) is 0 Å². The highest BCUT2D eigenvalue weighted by Gasteiger charge is 1.79. The smallest absolute Gasteiger partial charge is 0.0398 e. The van der Waals surface area contributed by atoms with Crippen LogP contribution >= 0.6 is 0 Å². The van der Waals surface area contributed by atoms with E-state index in [1.807, 2.05) is 18.2 Å². The van der Waals surface area contributed by atoms with Crippen LogP contribution in [0.3, 0.4) is 0 Å². The van der Waals surface area contributed by atoms with Gasteiger partial charge in [-0.15, -0.1) is 0 Å². The minimum absolute atomic E-state index is 1.32. The first kappa shape index (κ1) is 18.4. The molecule has 0 radical (unpaired) electrons. The molecule has 20 heavy (non-hydrogen) atoms. The Morgan fingerprint density at radius 2 is 0.900 bits per heavy atom. The summed E-state index contributed by atoms with van der Waals surface area (Å²) in [6, 6.07) is 18.7. The number of unbranched alkanes of at least 4 members (excludes halogenated alkanes) is 2. The number of hydrogen-bond donors (Lipinski definition) is 0. The van der Waals surface area contributed by atoms with Crippen LogP contribution in [0, 0.1) is 20.8 Å². The molecular formula is C20H30. The summed E-state index contributed by atoms with van der Waals surface area (Å²) < 4.78 is 0. The molecule has 0 spiro atoms. The molecule has 0 fully saturated rings. The van der Waals surface area contributed by atoms with E-state index in [4.69, 9.17) is 0 Å². The van der Waals surface area contributed by atoms with Crippen LogP contribution < -0.4 is 0 Å². The van der Waals surface area contributed by atoms with Gasteiger partial charge >= 0.3 is 0 Å². The van der Waals surface area contributed by atoms with Crippen molar-refractivity contribution in [3.63, 3.8) is 0 Å². The summed E-state index contributed by atoms with van der Waals surface area (Å²) in [6.07, 6.45) is 4.08. The minimum atomic E-state index is 1.32. The van der Waals surface area contributed by atoms with Gasteiger partial charge in [-0.05, 0) is 20.8 Å². The summed E-state index contributed by atoms with van der Waals surface area (Å²) in [7, 11) is 0. The molecular weight excluding hydrogens is 240 g/mol. The summed E-state index contributed by atoms with van der Waals surface area (Å²) in [5.41, 5.74) is 3.98. The monoisotopic (exact) mass is 270 g/mol. The second-order valence-corrected chi connectivity index (χ2v) is 5.16. The van der Waals surface area contributed by atoms with Crippen LogP contribution in [0.5, 0.6) is 0 Å². The number of benzene rings is 2. The van der Waals surface area contributed by atoms with Gasteiger partial charge in [-0.2, -0.15) is 0 Å². The molecule has 0 heterocycles. The highest BCUT2D eigenvalue weighted by Crippen LogP contribution is 1.99. The van der Waals surface area contributed by atoms with Crippen LogP contribution in [0.15, 0.2) is 54.6 Å². The molecule has 0 aliphatic carbocycles. The third kappa shape index (κ3) is 11.5. The molecule has 0 unspecified atom stereocenters. The van der Waals surface area contributed by atoms with Gasteiger partial charge in [0.25, 0.3) is 0 Å². The van der Waals surface area contributed by atoms with Crippen molar-refractivity contribution in [2.24, 2.45) is 0 Å². The van der Waals surface area contributed by atoms with E-state index < -0.39 is 0 Å². The van der Waals surface area contributed by atoms with Gasteiger partial charge < -0.3 is 0 Å². The van der Waals surface area contributed by atoms with Gasteiger partial charge in [-0.3, -0.25) is 0 Å². The Morgan fingerprint density at radius 1 is 0.550 bits per heavy atom. The van der Waals surface area contributed by atoms with Crippen LogP contribution in [0.1, 0.15) is 49.8 Å². The maximum absolute atomic E-state index is 2.21. The van der Waals surface area contributed by atoms with E-state index in [0.29, 0.717) is 0 Å². The largest absolute Gasteiger partial charge is 0.0654 e. The predicted octanol–water partition coefficient (Wildman–Crippen LogP) is 6.49. The zero-order valence-corrected chi connectivity index (χ0v) is 13.8. The lowest BCUT2D eigenvalue weighted by Crippen LogP contribution is -1.70. The molecule has 0 N–H and O–H groups in total. The van der Waals surface area contributed by atoms with Crippen molar-refractivity contribution in [1.82, 2.24) is 0 Å². The van der Waals surface area contributed by atoms with E-state index >= 15 is 0 Å². The van der Waals surface area contributed by atoms with Crippen molar-refractivity contribution < 1.29 is 0 Å². The first-order valence-corrected chi connectivity index (χ1v) is 7.65. The quantitative estimate of drug-likeness (QED) is 0.584. The topological polar surface area (TPSA) is 0 Å². The Labute approximate surface area is 125 Å². The molecule has 0 heteroatoms. The molecule has 0 nitrogen and oxygen atoms in total. The fourth-order valence-electron chi connectivity index (χ4n) is 1.52. The van der Waals surface area contributed by atoms with Crippen molar-refractivity contribution in [3.8, 4) is 0 Å². The molecule has 2 rings (SSSR count). The highest BCUT2D eigenvalue weighted by molar-refractivity contribution is 5.19. The molecule has 0 saturated carbocycles. The van der Waals surface area contributed by atoms with E-state index in [-0.39, 0.29) is 0 Å². The highest BCUT2D eigenvalue weighted by atomic mass is 13.9. The maximum Gasteiger partial charge on any atom is -0.0398 e. The fourth-order valence-corrected chi connectivity index (χ4v) is 1.52. The van der Waals surface area contributed by atoms with Crippen molar-refractivity contribution in [2.75, 3.05) is 0 Å². The zero-order chi connectivity index (χ0) is 15.2. The molecule has 0 aromatic heterocycles. The van der Waals surface area contributed by atoms with E-state index in [1.54, 1.807) is 0 Å². The first-order chi connectivity index (χ1) is 9.60. The van der Waals surface area contributed by atoms with Crippen LogP contribution in [-0.4, -0.2) is 0 Å². The number of hydrogen-bond acceptors (Lipinski definition) is 0. The Kier molecular flexibility index (Phi) is 11.5. The molecule has 0 aliphatic heterocycles. The Balaban J connectivity index is 0.000000280. The fraction of sp³-hybridized carbons (Fsp3) is 0.400. The molecule has 2 aromatic carbocycles. The average molecular weight is 270 g/mol. The molecule has 0 aliphatic rings. The van der Waals surface area contributed by atoms with Gasteiger partial charge in [0.1, 0.15) is 0 Å². The third-order valence-corrected chi connectivity index (χ3v) is 2.87. The Hall–Kier alpha value is -1.56. The van der Waals surface area contributed by atoms with Crippen LogP contribution in [0.2, 0.25) is 0 Å². The summed E-state index contributed by atoms with van der Waals surface area (Å²) in [5.74, 6) is 0. The van der Waals surface area contributed by atoms with E-state index in [1.165, 1.54) is 36.0 Å². The lowest BCUT2D eigenvalue weighted by molar-refractivity contribution is 0.772. The summed E-state index contributed by atoms with van der Waals surface area (Å²) >= 11 is 0. The lowest BCUT2D eigenvalue weighted by atomic mass is 10.2. The zero-order valence-electron chi connectivity index (χ0n) is 13.8. The van der Waals surface area contributed by atoms with Gasteiger partial charge in [-0.25, -0.2) is 0 Å². The molecule has 0 saturated heterocycles. The molecule has 0 atom stereocenters. The molecule has 0 amide bonds. The predicted molar refractivity (Wildman–Crippen MR) is 92.3 cm³/mol. The summed E-state index contributed by atoms with van der Waals surface area (Å²) in [5, 5.41) is 0. The van der Waals surface area contributed by atoms with Crippen LogP contribution in [0.4, 0.5) is 0 Å². The standard InChI is InChI=1S/C8H10.C7H8.C5H12/c1-7-3-5-8(2)6-4-7;1-7-5-3-2-4-6-7;1-3-5-4-2/h3-6H,1-2H3;2-6H,1H3;3-5H2,1-2H3. The molecule has 110 valence electrons. The van der Waals surface area contributed by atoms with Gasteiger partial charge in [0.2, 0.25) is 0 Å². The van der Waals surface area contributed by atoms with Gasteiger partial charge in [0.15, 0.2) is 0 Å². The molecule has 0 bridgehead atoms. The van der Waals surface area contributed by atoms with E-state index in [0.717, 1.165) is 0 Å². The van der Waals surface area contributed by atoms with Gasteiger partial charge in [0.05, 0.1) is 0 Å². The minimum Gasteiger partial charge on any atom is -0.0654 e. The van der Waals surface area contributed by atoms with Crippen molar-refractivity contribution >= 4 is 0 Å². The number of aryl methyl sites for hydroxylation is 3. The third-order valence-electron chi connectivity index (χ3n) is 2.87. The maximum atomic E-state index is 2.21. The summed E-state index contributed by atoms with van der Waals surface area (Å²) in [4.78, 5) is 0. The molecule has 2 aromatic rings. The Morgan fingerprint density at radius 3 is 1.10 bits per heavy atom. The van der Waals surface area contributed by atoms with E-state index in [9.17, 15) is 0 Å². The lowest BCUT2D eigenvalue weighted by Gasteiger charge is -1.90. The second kappa shape index (κ2) is 12.5. The normalized spacial score (nSPS) is 8.85. The van der Waals surface area contributed by atoms with Crippen molar-refractivity contribution in [3.05, 3.63) is 71.3 Å². The summed E-state index contributed by atoms with van der Waals surface area (Å²) in [6.45, 7) is 10.7. The first-order valence-electron chi connectivity index (χ1n) is 7.65. The second-order valence-electron chi connectivity index (χ2n) is 5.16. The van der Waals surface area contributed by atoms with Crippen molar-refractivity contribution in [2.45, 2.75) is 53.9 Å². The van der Waals surface area contributed by atoms with Crippen molar-refractivity contribution in [1.29, 1.82) is 0 Å². The number of rotatable bonds is 2. The SMILES string of the molecule is CCCCC.Cc1ccc(C)cc1.Cc1ccccc1. The van der Waals surface area contributed by atoms with Crippen LogP contribution in [0.25, 0.3) is 0 Å². The average Bonchev–Trinajstić information content (AvgIpc) is 2.45. The van der Waals surface area contributed by atoms with E-state index in [2.05, 4.69) is 71.0 Å².